The summed E-state index contributed by atoms with van der Waals surface area (Å²) in [4.78, 5) is 2.56. The van der Waals surface area contributed by atoms with Gasteiger partial charge in [-0.15, -0.1) is 0 Å². The quantitative estimate of drug-likeness (QED) is 0.139. The molecule has 2 aliphatic carbocycles. The Balaban J connectivity index is 1.10. The summed E-state index contributed by atoms with van der Waals surface area (Å²) in [5.74, 6) is 0. The second-order valence-corrected chi connectivity index (χ2v) is 19.2. The lowest BCUT2D eigenvalue weighted by molar-refractivity contribution is 0.767. The first-order chi connectivity index (χ1) is 35.1. The van der Waals surface area contributed by atoms with Crippen LogP contribution in [0.4, 0.5) is 17.1 Å². The summed E-state index contributed by atoms with van der Waals surface area (Å²) in [6.45, 7) is 4.64. The first-order valence-electron chi connectivity index (χ1n) is 24.8. The van der Waals surface area contributed by atoms with Gasteiger partial charge in [-0.05, 0) is 133 Å². The molecule has 336 valence electrons. The van der Waals surface area contributed by atoms with Gasteiger partial charge >= 0.3 is 0 Å². The number of rotatable bonds is 9. The van der Waals surface area contributed by atoms with Gasteiger partial charge in [-0.1, -0.05) is 249 Å². The summed E-state index contributed by atoms with van der Waals surface area (Å²) in [5, 5.41) is 0. The Bertz CT molecular complexity index is 3610. The lowest BCUT2D eigenvalue weighted by atomic mass is 9.67. The Labute approximate surface area is 417 Å². The highest BCUT2D eigenvalue weighted by Crippen LogP contribution is 2.62. The zero-order valence-corrected chi connectivity index (χ0v) is 39.9. The summed E-state index contributed by atoms with van der Waals surface area (Å²) in [6.07, 6.45) is 0. The van der Waals surface area contributed by atoms with Gasteiger partial charge in [0.25, 0.3) is 0 Å². The smallest absolute Gasteiger partial charge is 0.0714 e. The number of para-hydroxylation sites is 1. The normalized spacial score (nSPS) is 13.4. The second kappa shape index (κ2) is 17.0. The highest BCUT2D eigenvalue weighted by molar-refractivity contribution is 6.00. The summed E-state index contributed by atoms with van der Waals surface area (Å²) in [6, 6.07) is 102. The van der Waals surface area contributed by atoms with E-state index in [-0.39, 0.29) is 0 Å². The van der Waals surface area contributed by atoms with Crippen LogP contribution < -0.4 is 4.90 Å². The minimum atomic E-state index is -0.638. The van der Waals surface area contributed by atoms with Crippen LogP contribution in [0.2, 0.25) is 0 Å². The average Bonchev–Trinajstić information content (AvgIpc) is 3.91. The van der Waals surface area contributed by atoms with Crippen LogP contribution in [-0.2, 0) is 10.8 Å². The van der Waals surface area contributed by atoms with E-state index in [9.17, 15) is 0 Å². The monoisotopic (exact) mass is 905 g/mol. The van der Waals surface area contributed by atoms with Crippen LogP contribution in [0.15, 0.2) is 273 Å². The number of hydrogen-bond donors (Lipinski definition) is 0. The molecule has 0 N–H and O–H groups in total. The van der Waals surface area contributed by atoms with Crippen molar-refractivity contribution < 1.29 is 0 Å². The van der Waals surface area contributed by atoms with Crippen LogP contribution in [-0.4, -0.2) is 0 Å². The van der Waals surface area contributed by atoms with E-state index in [0.29, 0.717) is 0 Å². The standard InChI is InChI=1S/C70H51N/c1-48-46-66-67(62-33-19-21-35-64(62)70(66,56-40-36-52(37-41-56)50-22-8-3-9-23-50)57-42-38-53(39-43-57)51-24-10-4-11-25-51)68(49(48)2)71(58-30-16-7-17-31-58)59-44-45-61-60-32-18-20-34-63(60)69(65(61)47-59,54-26-12-5-13-27-54)55-28-14-6-15-29-55/h3-47H,1-2H3. The molecule has 13 rings (SSSR count). The molecule has 0 atom stereocenters. The first kappa shape index (κ1) is 42.3. The number of benzene rings is 11. The largest absolute Gasteiger partial charge is 0.310 e. The molecule has 2 aliphatic rings. The zero-order valence-electron chi connectivity index (χ0n) is 39.9. The molecule has 0 bridgehead atoms. The number of fused-ring (bicyclic) bond motifs is 6. The Morgan fingerprint density at radius 3 is 1.21 bits per heavy atom. The van der Waals surface area contributed by atoms with E-state index in [1.54, 1.807) is 0 Å². The molecule has 0 radical (unpaired) electrons. The molecule has 0 saturated carbocycles. The molecule has 0 unspecified atom stereocenters. The van der Waals surface area contributed by atoms with E-state index in [2.05, 4.69) is 292 Å². The topological polar surface area (TPSA) is 3.24 Å². The van der Waals surface area contributed by atoms with Crippen LogP contribution in [0.25, 0.3) is 44.5 Å². The third kappa shape index (κ3) is 6.47. The van der Waals surface area contributed by atoms with Gasteiger partial charge in [0.15, 0.2) is 0 Å². The van der Waals surface area contributed by atoms with Gasteiger partial charge in [-0.2, -0.15) is 0 Å². The predicted octanol–water partition coefficient (Wildman–Crippen LogP) is 17.8. The van der Waals surface area contributed by atoms with Crippen molar-refractivity contribution in [1.82, 2.24) is 0 Å². The third-order valence-electron chi connectivity index (χ3n) is 15.6. The summed E-state index contributed by atoms with van der Waals surface area (Å²) >= 11 is 0. The minimum absolute atomic E-state index is 0.546. The van der Waals surface area contributed by atoms with Crippen molar-refractivity contribution >= 4 is 17.1 Å². The molecular weight excluding hydrogens is 855 g/mol. The van der Waals surface area contributed by atoms with Crippen LogP contribution in [0.3, 0.4) is 0 Å². The lowest BCUT2D eigenvalue weighted by Crippen LogP contribution is -2.29. The Kier molecular flexibility index (Phi) is 10.1. The molecule has 11 aromatic carbocycles. The van der Waals surface area contributed by atoms with E-state index in [1.807, 2.05) is 0 Å². The van der Waals surface area contributed by atoms with Crippen molar-refractivity contribution in [3.05, 3.63) is 329 Å². The fraction of sp³-hybridized carbons (Fsp3) is 0.0571. The van der Waals surface area contributed by atoms with Crippen molar-refractivity contribution in [3.63, 3.8) is 0 Å². The molecule has 0 aliphatic heterocycles. The molecule has 0 aromatic heterocycles. The number of hydrogen-bond acceptors (Lipinski definition) is 1. The van der Waals surface area contributed by atoms with Gasteiger partial charge in [0, 0.05) is 16.9 Å². The van der Waals surface area contributed by atoms with Crippen molar-refractivity contribution in [3.8, 4) is 44.5 Å². The molecule has 0 saturated heterocycles. The Morgan fingerprint density at radius 2 is 0.676 bits per heavy atom. The molecule has 71 heavy (non-hydrogen) atoms. The van der Waals surface area contributed by atoms with Crippen molar-refractivity contribution in [2.45, 2.75) is 24.7 Å². The highest BCUT2D eigenvalue weighted by atomic mass is 15.1. The molecular formula is C70H51N. The highest BCUT2D eigenvalue weighted by Gasteiger charge is 2.49. The molecule has 0 amide bonds. The molecule has 0 fully saturated rings. The Morgan fingerprint density at radius 1 is 0.282 bits per heavy atom. The van der Waals surface area contributed by atoms with E-state index < -0.39 is 10.8 Å². The molecule has 1 nitrogen and oxygen atoms in total. The maximum atomic E-state index is 2.56. The summed E-state index contributed by atoms with van der Waals surface area (Å²) in [7, 11) is 0. The van der Waals surface area contributed by atoms with E-state index in [0.717, 1.165) is 11.4 Å². The van der Waals surface area contributed by atoms with Crippen molar-refractivity contribution in [1.29, 1.82) is 0 Å². The fourth-order valence-electron chi connectivity index (χ4n) is 12.4. The number of aryl methyl sites for hydroxylation is 1. The molecule has 0 heterocycles. The van der Waals surface area contributed by atoms with Gasteiger partial charge in [-0.3, -0.25) is 0 Å². The average molecular weight is 906 g/mol. The zero-order chi connectivity index (χ0) is 47.5. The van der Waals surface area contributed by atoms with Gasteiger partial charge in [0.2, 0.25) is 0 Å². The van der Waals surface area contributed by atoms with Crippen LogP contribution >= 0.6 is 0 Å². The number of nitrogens with zero attached hydrogens (tertiary/aromatic N) is 1. The van der Waals surface area contributed by atoms with Crippen LogP contribution in [0.5, 0.6) is 0 Å². The fourth-order valence-corrected chi connectivity index (χ4v) is 12.4. The predicted molar refractivity (Wildman–Crippen MR) is 296 cm³/mol. The first-order valence-corrected chi connectivity index (χ1v) is 24.8. The van der Waals surface area contributed by atoms with Gasteiger partial charge in [-0.25, -0.2) is 0 Å². The maximum absolute atomic E-state index is 2.56. The molecule has 0 spiro atoms. The van der Waals surface area contributed by atoms with Gasteiger partial charge in [0.05, 0.1) is 16.5 Å². The number of anilines is 3. The summed E-state index contributed by atoms with van der Waals surface area (Å²) < 4.78 is 0. The maximum Gasteiger partial charge on any atom is 0.0714 e. The Hall–Kier alpha value is -8.78. The second-order valence-electron chi connectivity index (χ2n) is 19.2. The third-order valence-corrected chi connectivity index (χ3v) is 15.6. The van der Waals surface area contributed by atoms with Crippen molar-refractivity contribution in [2.24, 2.45) is 0 Å². The van der Waals surface area contributed by atoms with Gasteiger partial charge in [0.1, 0.15) is 0 Å². The van der Waals surface area contributed by atoms with Crippen molar-refractivity contribution in [2.75, 3.05) is 4.90 Å². The van der Waals surface area contributed by atoms with E-state index in [1.165, 1.54) is 106 Å². The minimum Gasteiger partial charge on any atom is -0.310 e. The van der Waals surface area contributed by atoms with Gasteiger partial charge < -0.3 is 4.90 Å². The lowest BCUT2D eigenvalue weighted by Gasteiger charge is -2.36. The summed E-state index contributed by atoms with van der Waals surface area (Å²) in [5.41, 5.74) is 24.7. The molecule has 1 heteroatoms. The van der Waals surface area contributed by atoms with Crippen LogP contribution in [0.1, 0.15) is 55.6 Å². The van der Waals surface area contributed by atoms with E-state index in [4.69, 9.17) is 0 Å². The van der Waals surface area contributed by atoms with Crippen LogP contribution in [0, 0.1) is 13.8 Å². The molecule has 11 aromatic rings. The van der Waals surface area contributed by atoms with E-state index >= 15 is 0 Å². The SMILES string of the molecule is Cc1cc2c(c(N(c3ccccc3)c3ccc4c(c3)C(c3ccccc3)(c3ccccc3)c3ccccc3-4)c1C)-c1ccccc1C2(c1ccc(-c2ccccc2)cc1)c1ccc(-c2ccccc2)cc1.